The van der Waals surface area contributed by atoms with E-state index in [4.69, 9.17) is 12.2 Å². The fourth-order valence-corrected chi connectivity index (χ4v) is 2.47. The number of anilines is 1. The minimum absolute atomic E-state index is 0.0959. The van der Waals surface area contributed by atoms with Crippen LogP contribution in [0.25, 0.3) is 0 Å². The maximum atomic E-state index is 12.0. The Morgan fingerprint density at radius 2 is 1.76 bits per heavy atom. The van der Waals surface area contributed by atoms with Crippen LogP contribution in [0.1, 0.15) is 22.3 Å². The summed E-state index contributed by atoms with van der Waals surface area (Å²) < 4.78 is 0. The van der Waals surface area contributed by atoms with Crippen molar-refractivity contribution in [3.05, 3.63) is 65.7 Å². The molecule has 2 N–H and O–H groups in total. The molecule has 0 spiro atoms. The lowest BCUT2D eigenvalue weighted by Crippen LogP contribution is -2.34. The van der Waals surface area contributed by atoms with Crippen LogP contribution in [0.2, 0.25) is 0 Å². The Kier molecular flexibility index (Phi) is 6.65. The van der Waals surface area contributed by atoms with Crippen LogP contribution in [-0.2, 0) is 11.2 Å². The van der Waals surface area contributed by atoms with Crippen molar-refractivity contribution in [3.63, 3.8) is 0 Å². The van der Waals surface area contributed by atoms with E-state index < -0.39 is 0 Å². The largest absolute Gasteiger partial charge is 0.345 e. The number of nitrogens with one attached hydrogen (secondary N) is 2. The van der Waals surface area contributed by atoms with Gasteiger partial charge in [0.25, 0.3) is 5.91 Å². The number of nitrogens with zero attached hydrogens (tertiary/aromatic N) is 1. The van der Waals surface area contributed by atoms with Crippen molar-refractivity contribution in [1.82, 2.24) is 10.2 Å². The summed E-state index contributed by atoms with van der Waals surface area (Å²) in [7, 11) is 3.39. The number of carbonyl (C=O) groups excluding carboxylic acids is 2. The SMILES string of the molecule is CN(C)C(=O)c1cccc(NC(=S)NC(=O)CCc2ccccc2)c1. The van der Waals surface area contributed by atoms with E-state index in [1.165, 1.54) is 4.90 Å². The first-order chi connectivity index (χ1) is 12.0. The fourth-order valence-electron chi connectivity index (χ4n) is 2.24. The Morgan fingerprint density at radius 1 is 1.04 bits per heavy atom. The second kappa shape index (κ2) is 8.94. The molecule has 6 heteroatoms. The molecule has 2 amide bonds. The molecule has 0 aromatic heterocycles. The number of thiocarbonyl (C=S) groups is 1. The average Bonchev–Trinajstić information content (AvgIpc) is 2.60. The zero-order valence-corrected chi connectivity index (χ0v) is 15.1. The molecule has 130 valence electrons. The van der Waals surface area contributed by atoms with Crippen LogP contribution in [0.4, 0.5) is 5.69 Å². The van der Waals surface area contributed by atoms with Crippen molar-refractivity contribution in [3.8, 4) is 0 Å². The van der Waals surface area contributed by atoms with E-state index in [0.29, 0.717) is 24.1 Å². The van der Waals surface area contributed by atoms with Crippen molar-refractivity contribution >= 4 is 34.8 Å². The molecule has 0 aliphatic carbocycles. The van der Waals surface area contributed by atoms with Crippen LogP contribution >= 0.6 is 12.2 Å². The van der Waals surface area contributed by atoms with Gasteiger partial charge in [0.2, 0.25) is 5.91 Å². The molecule has 0 saturated heterocycles. The van der Waals surface area contributed by atoms with Gasteiger partial charge in [0.1, 0.15) is 0 Å². The minimum Gasteiger partial charge on any atom is -0.345 e. The van der Waals surface area contributed by atoms with Crippen molar-refractivity contribution in [1.29, 1.82) is 0 Å². The number of rotatable bonds is 5. The predicted molar refractivity (Wildman–Crippen MR) is 104 cm³/mol. The molecule has 0 saturated carbocycles. The van der Waals surface area contributed by atoms with Gasteiger partial charge in [-0.2, -0.15) is 0 Å². The standard InChI is InChI=1S/C19H21N3O2S/c1-22(2)18(24)15-9-6-10-16(13-15)20-19(25)21-17(23)12-11-14-7-4-3-5-8-14/h3-10,13H,11-12H2,1-2H3,(H2,20,21,23,25). The van der Waals surface area contributed by atoms with Crippen LogP contribution in [0.5, 0.6) is 0 Å². The third-order valence-electron chi connectivity index (χ3n) is 3.51. The average molecular weight is 355 g/mol. The minimum atomic E-state index is -0.151. The summed E-state index contributed by atoms with van der Waals surface area (Å²) in [6, 6.07) is 16.8. The summed E-state index contributed by atoms with van der Waals surface area (Å²) in [4.78, 5) is 25.5. The zero-order valence-electron chi connectivity index (χ0n) is 14.3. The van der Waals surface area contributed by atoms with E-state index >= 15 is 0 Å². The third kappa shape index (κ3) is 6.00. The first-order valence-electron chi connectivity index (χ1n) is 7.92. The summed E-state index contributed by atoms with van der Waals surface area (Å²) >= 11 is 5.17. The molecule has 25 heavy (non-hydrogen) atoms. The molecule has 0 atom stereocenters. The van der Waals surface area contributed by atoms with Gasteiger partial charge in [-0.05, 0) is 42.4 Å². The summed E-state index contributed by atoms with van der Waals surface area (Å²) in [5, 5.41) is 5.81. The Balaban J connectivity index is 1.86. The Morgan fingerprint density at radius 3 is 2.44 bits per heavy atom. The van der Waals surface area contributed by atoms with Crippen LogP contribution in [0.3, 0.4) is 0 Å². The monoisotopic (exact) mass is 355 g/mol. The molecular formula is C19H21N3O2S. The van der Waals surface area contributed by atoms with Crippen molar-refractivity contribution in [2.45, 2.75) is 12.8 Å². The van der Waals surface area contributed by atoms with E-state index in [0.717, 1.165) is 5.56 Å². The van der Waals surface area contributed by atoms with Gasteiger partial charge in [-0.3, -0.25) is 9.59 Å². The normalized spacial score (nSPS) is 10.0. The molecule has 0 bridgehead atoms. The second-order valence-electron chi connectivity index (χ2n) is 5.77. The summed E-state index contributed by atoms with van der Waals surface area (Å²) in [5.41, 5.74) is 2.31. The molecule has 0 heterocycles. The molecular weight excluding hydrogens is 334 g/mol. The lowest BCUT2D eigenvalue weighted by atomic mass is 10.1. The van der Waals surface area contributed by atoms with Crippen LogP contribution in [0.15, 0.2) is 54.6 Å². The lowest BCUT2D eigenvalue weighted by Gasteiger charge is -2.13. The van der Waals surface area contributed by atoms with E-state index in [1.807, 2.05) is 30.3 Å². The summed E-state index contributed by atoms with van der Waals surface area (Å²) in [6.07, 6.45) is 1.01. The molecule has 0 fully saturated rings. The quantitative estimate of drug-likeness (QED) is 0.810. The predicted octanol–water partition coefficient (Wildman–Crippen LogP) is 2.83. The van der Waals surface area contributed by atoms with Gasteiger partial charge in [0, 0.05) is 31.8 Å². The van der Waals surface area contributed by atoms with Gasteiger partial charge in [0.15, 0.2) is 5.11 Å². The zero-order chi connectivity index (χ0) is 18.2. The number of benzene rings is 2. The van der Waals surface area contributed by atoms with Crippen LogP contribution in [-0.4, -0.2) is 35.9 Å². The fraction of sp³-hybridized carbons (Fsp3) is 0.211. The van der Waals surface area contributed by atoms with Crippen LogP contribution in [0, 0.1) is 0 Å². The summed E-state index contributed by atoms with van der Waals surface area (Å²) in [5.74, 6) is -0.247. The van der Waals surface area contributed by atoms with Crippen molar-refractivity contribution < 1.29 is 9.59 Å². The van der Waals surface area contributed by atoms with Gasteiger partial charge in [-0.15, -0.1) is 0 Å². The Hall–Kier alpha value is -2.73. The van der Waals surface area contributed by atoms with E-state index in [9.17, 15) is 9.59 Å². The molecule has 5 nitrogen and oxygen atoms in total. The van der Waals surface area contributed by atoms with Gasteiger partial charge >= 0.3 is 0 Å². The van der Waals surface area contributed by atoms with Crippen molar-refractivity contribution in [2.75, 3.05) is 19.4 Å². The Bertz CT molecular complexity index is 760. The van der Waals surface area contributed by atoms with Crippen LogP contribution < -0.4 is 10.6 Å². The second-order valence-corrected chi connectivity index (χ2v) is 6.18. The lowest BCUT2D eigenvalue weighted by molar-refractivity contribution is -0.119. The molecule has 2 aromatic carbocycles. The van der Waals surface area contributed by atoms with Gasteiger partial charge < -0.3 is 15.5 Å². The summed E-state index contributed by atoms with van der Waals surface area (Å²) in [6.45, 7) is 0. The third-order valence-corrected chi connectivity index (χ3v) is 3.71. The first-order valence-corrected chi connectivity index (χ1v) is 8.33. The topological polar surface area (TPSA) is 61.4 Å². The van der Waals surface area contributed by atoms with E-state index in [2.05, 4.69) is 10.6 Å². The highest BCUT2D eigenvalue weighted by Gasteiger charge is 2.09. The number of amides is 2. The number of hydrogen-bond donors (Lipinski definition) is 2. The highest BCUT2D eigenvalue weighted by molar-refractivity contribution is 7.80. The number of hydrogen-bond acceptors (Lipinski definition) is 3. The molecule has 0 aliphatic heterocycles. The smallest absolute Gasteiger partial charge is 0.253 e. The maximum absolute atomic E-state index is 12.0. The van der Waals surface area contributed by atoms with Gasteiger partial charge in [0.05, 0.1) is 0 Å². The number of aryl methyl sites for hydroxylation is 1. The molecule has 2 rings (SSSR count). The van der Waals surface area contributed by atoms with E-state index in [1.54, 1.807) is 38.4 Å². The van der Waals surface area contributed by atoms with Gasteiger partial charge in [-0.25, -0.2) is 0 Å². The molecule has 2 aromatic rings. The molecule has 0 aliphatic rings. The van der Waals surface area contributed by atoms with Crippen molar-refractivity contribution in [2.24, 2.45) is 0 Å². The highest BCUT2D eigenvalue weighted by Crippen LogP contribution is 2.12. The Labute approximate surface area is 153 Å². The number of carbonyl (C=O) groups is 2. The first kappa shape index (κ1) is 18.6. The van der Waals surface area contributed by atoms with Gasteiger partial charge in [-0.1, -0.05) is 36.4 Å². The highest BCUT2D eigenvalue weighted by atomic mass is 32.1. The molecule has 0 unspecified atom stereocenters. The maximum Gasteiger partial charge on any atom is 0.253 e. The molecule has 0 radical (unpaired) electrons. The van der Waals surface area contributed by atoms with E-state index in [-0.39, 0.29) is 16.9 Å².